The Kier molecular flexibility index (Phi) is 10.4. The Labute approximate surface area is 173 Å². The van der Waals surface area contributed by atoms with Crippen molar-refractivity contribution in [1.82, 2.24) is 14.5 Å². The van der Waals surface area contributed by atoms with Crippen molar-refractivity contribution in [2.45, 2.75) is 37.5 Å². The molecular formula is C19H31ClFN3O3S. The maximum atomic E-state index is 13.0. The van der Waals surface area contributed by atoms with Crippen LogP contribution in [-0.2, 0) is 14.8 Å². The van der Waals surface area contributed by atoms with E-state index in [2.05, 4.69) is 12.2 Å². The molecule has 1 aliphatic heterocycles. The zero-order chi connectivity index (χ0) is 19.9. The Morgan fingerprint density at radius 1 is 1.25 bits per heavy atom. The first-order valence-electron chi connectivity index (χ1n) is 9.55. The molecule has 1 N–H and O–H groups in total. The highest BCUT2D eigenvalue weighted by Gasteiger charge is 2.24. The van der Waals surface area contributed by atoms with Crippen LogP contribution >= 0.6 is 12.4 Å². The standard InChI is InChI=1S/C19H30FN3O3S.ClH/c1-3-21-15-16-10-13-23(14-11-16)19(24)5-4-12-22(2)27(25,26)18-8-6-17(20)7-9-18;/h6-9,16,21H,3-5,10-15H2,1-2H3;1H. The highest BCUT2D eigenvalue weighted by atomic mass is 35.5. The van der Waals surface area contributed by atoms with Crippen molar-refractivity contribution in [2.24, 2.45) is 5.92 Å². The number of carbonyl (C=O) groups excluding carboxylic acids is 1. The molecule has 2 rings (SSSR count). The summed E-state index contributed by atoms with van der Waals surface area (Å²) in [4.78, 5) is 14.3. The van der Waals surface area contributed by atoms with Crippen molar-refractivity contribution in [3.05, 3.63) is 30.1 Å². The Hall–Kier alpha value is -1.22. The summed E-state index contributed by atoms with van der Waals surface area (Å²) < 4.78 is 39.1. The van der Waals surface area contributed by atoms with E-state index in [1.165, 1.54) is 23.5 Å². The van der Waals surface area contributed by atoms with E-state index in [1.807, 2.05) is 4.90 Å². The van der Waals surface area contributed by atoms with E-state index in [4.69, 9.17) is 0 Å². The fourth-order valence-corrected chi connectivity index (χ4v) is 4.46. The van der Waals surface area contributed by atoms with Crippen LogP contribution in [0.5, 0.6) is 0 Å². The second-order valence-corrected chi connectivity index (χ2v) is 9.06. The molecule has 1 saturated heterocycles. The summed E-state index contributed by atoms with van der Waals surface area (Å²) in [6.45, 7) is 5.86. The molecule has 0 bridgehead atoms. The van der Waals surface area contributed by atoms with Crippen LogP contribution in [0.4, 0.5) is 4.39 Å². The van der Waals surface area contributed by atoms with Crippen LogP contribution < -0.4 is 5.32 Å². The monoisotopic (exact) mass is 435 g/mol. The minimum absolute atomic E-state index is 0. The predicted molar refractivity (Wildman–Crippen MR) is 111 cm³/mol. The van der Waals surface area contributed by atoms with Crippen LogP contribution in [0, 0.1) is 11.7 Å². The number of hydrogen-bond donors (Lipinski definition) is 1. The molecule has 28 heavy (non-hydrogen) atoms. The van der Waals surface area contributed by atoms with Crippen LogP contribution in [0.3, 0.4) is 0 Å². The number of hydrogen-bond acceptors (Lipinski definition) is 4. The van der Waals surface area contributed by atoms with Gasteiger partial charge in [-0.25, -0.2) is 17.1 Å². The molecule has 1 aliphatic rings. The fourth-order valence-electron chi connectivity index (χ4n) is 3.25. The average molecular weight is 436 g/mol. The first kappa shape index (κ1) is 24.8. The molecule has 0 spiro atoms. The summed E-state index contributed by atoms with van der Waals surface area (Å²) in [5, 5.41) is 3.35. The summed E-state index contributed by atoms with van der Waals surface area (Å²) in [6.07, 6.45) is 2.82. The Morgan fingerprint density at radius 3 is 2.43 bits per heavy atom. The zero-order valence-corrected chi connectivity index (χ0v) is 18.2. The van der Waals surface area contributed by atoms with E-state index >= 15 is 0 Å². The molecule has 0 unspecified atom stereocenters. The van der Waals surface area contributed by atoms with Gasteiger partial charge in [-0.15, -0.1) is 12.4 Å². The number of nitrogens with zero attached hydrogens (tertiary/aromatic N) is 2. The van der Waals surface area contributed by atoms with E-state index in [0.29, 0.717) is 18.8 Å². The lowest BCUT2D eigenvalue weighted by molar-refractivity contribution is -0.132. The third-order valence-corrected chi connectivity index (χ3v) is 6.91. The van der Waals surface area contributed by atoms with Crippen molar-refractivity contribution in [3.8, 4) is 0 Å². The van der Waals surface area contributed by atoms with Crippen LogP contribution in [0.25, 0.3) is 0 Å². The highest BCUT2D eigenvalue weighted by Crippen LogP contribution is 2.18. The molecule has 6 nitrogen and oxygen atoms in total. The van der Waals surface area contributed by atoms with Gasteiger partial charge in [0, 0.05) is 33.1 Å². The maximum Gasteiger partial charge on any atom is 0.242 e. The molecule has 0 aliphatic carbocycles. The van der Waals surface area contributed by atoms with Gasteiger partial charge in [0.15, 0.2) is 0 Å². The Bertz CT molecular complexity index is 708. The maximum absolute atomic E-state index is 13.0. The van der Waals surface area contributed by atoms with Gasteiger partial charge >= 0.3 is 0 Å². The molecule has 0 radical (unpaired) electrons. The van der Waals surface area contributed by atoms with Crippen LogP contribution in [0.2, 0.25) is 0 Å². The predicted octanol–water partition coefficient (Wildman–Crippen LogP) is 2.50. The van der Waals surface area contributed by atoms with Crippen molar-refractivity contribution >= 4 is 28.3 Å². The minimum Gasteiger partial charge on any atom is -0.343 e. The molecule has 0 aromatic heterocycles. The number of benzene rings is 1. The van der Waals surface area contributed by atoms with Crippen LogP contribution in [-0.4, -0.2) is 63.3 Å². The molecule has 1 fully saturated rings. The van der Waals surface area contributed by atoms with Gasteiger partial charge in [0.2, 0.25) is 15.9 Å². The van der Waals surface area contributed by atoms with E-state index in [9.17, 15) is 17.6 Å². The number of likely N-dealkylation sites (tertiary alicyclic amines) is 1. The average Bonchev–Trinajstić information content (AvgIpc) is 2.66. The first-order chi connectivity index (χ1) is 12.8. The van der Waals surface area contributed by atoms with Crippen LogP contribution in [0.1, 0.15) is 32.6 Å². The third-order valence-electron chi connectivity index (χ3n) is 5.04. The zero-order valence-electron chi connectivity index (χ0n) is 16.6. The van der Waals surface area contributed by atoms with Gasteiger partial charge in [0.1, 0.15) is 5.82 Å². The first-order valence-corrected chi connectivity index (χ1v) is 11.0. The highest BCUT2D eigenvalue weighted by molar-refractivity contribution is 7.89. The van der Waals surface area contributed by atoms with E-state index in [-0.39, 0.29) is 29.8 Å². The van der Waals surface area contributed by atoms with Gasteiger partial charge < -0.3 is 10.2 Å². The minimum atomic E-state index is -3.66. The van der Waals surface area contributed by atoms with E-state index in [1.54, 1.807) is 0 Å². The van der Waals surface area contributed by atoms with Gasteiger partial charge in [-0.2, -0.15) is 0 Å². The molecule has 0 saturated carbocycles. The van der Waals surface area contributed by atoms with Gasteiger partial charge in [-0.05, 0) is 62.5 Å². The van der Waals surface area contributed by atoms with Crippen molar-refractivity contribution in [2.75, 3.05) is 39.8 Å². The number of carbonyl (C=O) groups is 1. The normalized spacial score (nSPS) is 15.5. The van der Waals surface area contributed by atoms with Crippen molar-refractivity contribution in [1.29, 1.82) is 0 Å². The summed E-state index contributed by atoms with van der Waals surface area (Å²) in [7, 11) is -2.18. The smallest absolute Gasteiger partial charge is 0.242 e. The van der Waals surface area contributed by atoms with Crippen molar-refractivity contribution < 1.29 is 17.6 Å². The number of rotatable bonds is 9. The number of sulfonamides is 1. The second-order valence-electron chi connectivity index (χ2n) is 7.02. The topological polar surface area (TPSA) is 69.7 Å². The van der Waals surface area contributed by atoms with Crippen LogP contribution in [0.15, 0.2) is 29.2 Å². The lowest BCUT2D eigenvalue weighted by atomic mass is 9.96. The number of amides is 1. The lowest BCUT2D eigenvalue weighted by Crippen LogP contribution is -2.41. The number of piperidine rings is 1. The fraction of sp³-hybridized carbons (Fsp3) is 0.632. The quantitative estimate of drug-likeness (QED) is 0.647. The Balaban J connectivity index is 0.00000392. The van der Waals surface area contributed by atoms with E-state index < -0.39 is 15.8 Å². The van der Waals surface area contributed by atoms with Gasteiger partial charge in [-0.3, -0.25) is 4.79 Å². The van der Waals surface area contributed by atoms with E-state index in [0.717, 1.165) is 51.2 Å². The molecule has 1 aromatic rings. The van der Waals surface area contributed by atoms with Crippen molar-refractivity contribution in [3.63, 3.8) is 0 Å². The molecule has 1 amide bonds. The van der Waals surface area contributed by atoms with Gasteiger partial charge in [0.25, 0.3) is 0 Å². The third kappa shape index (κ3) is 6.99. The molecule has 160 valence electrons. The van der Waals surface area contributed by atoms with Gasteiger partial charge in [0.05, 0.1) is 4.90 Å². The summed E-state index contributed by atoms with van der Waals surface area (Å²) in [6, 6.07) is 4.77. The molecule has 9 heteroatoms. The number of halogens is 2. The summed E-state index contributed by atoms with van der Waals surface area (Å²) in [5.41, 5.74) is 0. The molecule has 1 heterocycles. The summed E-state index contributed by atoms with van der Waals surface area (Å²) >= 11 is 0. The Morgan fingerprint density at radius 2 is 1.86 bits per heavy atom. The molecule has 0 atom stereocenters. The largest absolute Gasteiger partial charge is 0.343 e. The lowest BCUT2D eigenvalue weighted by Gasteiger charge is -2.32. The van der Waals surface area contributed by atoms with Gasteiger partial charge in [-0.1, -0.05) is 6.92 Å². The summed E-state index contributed by atoms with van der Waals surface area (Å²) in [5.74, 6) is 0.238. The molecular weight excluding hydrogens is 405 g/mol. The second kappa shape index (κ2) is 11.7. The molecule has 1 aromatic carbocycles. The number of nitrogens with one attached hydrogen (secondary N) is 1. The SMILES string of the molecule is CCNCC1CCN(C(=O)CCCN(C)S(=O)(=O)c2ccc(F)cc2)CC1.Cl.